The van der Waals surface area contributed by atoms with Crippen molar-refractivity contribution in [3.63, 3.8) is 0 Å². The molecule has 6 nitrogen and oxygen atoms in total. The minimum absolute atomic E-state index is 0. The first-order valence-electron chi connectivity index (χ1n) is 8.07. The van der Waals surface area contributed by atoms with Gasteiger partial charge in [-0.2, -0.15) is 0 Å². The van der Waals surface area contributed by atoms with E-state index >= 15 is 0 Å². The maximum Gasteiger partial charge on any atom is 0.242 e. The summed E-state index contributed by atoms with van der Waals surface area (Å²) in [4.78, 5) is 25.9. The van der Waals surface area contributed by atoms with Crippen molar-refractivity contribution in [3.05, 3.63) is 34.9 Å². The summed E-state index contributed by atoms with van der Waals surface area (Å²) >= 11 is 6.20. The number of benzene rings is 1. The first kappa shape index (κ1) is 21.7. The summed E-state index contributed by atoms with van der Waals surface area (Å²) in [5, 5.41) is 3.22. The number of morpholine rings is 1. The zero-order valence-corrected chi connectivity index (χ0v) is 16.0. The van der Waals surface area contributed by atoms with Crippen molar-refractivity contribution >= 4 is 35.8 Å². The summed E-state index contributed by atoms with van der Waals surface area (Å²) in [6.07, 6.45) is -0.259. The van der Waals surface area contributed by atoms with Crippen LogP contribution in [0.2, 0.25) is 5.02 Å². The molecule has 1 heterocycles. The normalized spacial score (nSPS) is 18.4. The summed E-state index contributed by atoms with van der Waals surface area (Å²) in [5.41, 5.74) is 6.63. The Hall–Kier alpha value is -1.34. The van der Waals surface area contributed by atoms with Gasteiger partial charge in [-0.3, -0.25) is 9.59 Å². The second kappa shape index (κ2) is 9.97. The lowest BCUT2D eigenvalue weighted by molar-refractivity contribution is -0.139. The van der Waals surface area contributed by atoms with E-state index in [-0.39, 0.29) is 42.8 Å². The van der Waals surface area contributed by atoms with Gasteiger partial charge in [0.1, 0.15) is 6.10 Å². The van der Waals surface area contributed by atoms with Gasteiger partial charge < -0.3 is 20.7 Å². The first-order chi connectivity index (χ1) is 11.4. The van der Waals surface area contributed by atoms with Crippen molar-refractivity contribution in [1.82, 2.24) is 10.2 Å². The number of nitrogens with two attached hydrogens (primary N) is 1. The average Bonchev–Trinajstić information content (AvgIpc) is 2.59. The van der Waals surface area contributed by atoms with Gasteiger partial charge in [0.05, 0.1) is 25.7 Å². The van der Waals surface area contributed by atoms with Crippen LogP contribution < -0.4 is 11.1 Å². The third-order valence-electron chi connectivity index (χ3n) is 4.11. The average molecular weight is 390 g/mol. The fourth-order valence-electron chi connectivity index (χ4n) is 2.50. The van der Waals surface area contributed by atoms with Crippen LogP contribution in [0.1, 0.15) is 25.5 Å². The molecule has 8 heteroatoms. The zero-order chi connectivity index (χ0) is 17.7. The van der Waals surface area contributed by atoms with Gasteiger partial charge in [0.2, 0.25) is 11.8 Å². The molecule has 3 N–H and O–H groups in total. The molecule has 1 aromatic rings. The number of halogens is 2. The molecule has 1 aromatic carbocycles. The highest BCUT2D eigenvalue weighted by Gasteiger charge is 2.27. The van der Waals surface area contributed by atoms with Crippen LogP contribution in [0.25, 0.3) is 0 Å². The SMILES string of the molecule is CC(C)[C@H](N)C(=O)NCC(=O)N1CCOC(c2ccccc2Cl)C1.Cl. The van der Waals surface area contributed by atoms with Crippen molar-refractivity contribution in [2.45, 2.75) is 26.0 Å². The molecule has 2 amide bonds. The van der Waals surface area contributed by atoms with Crippen LogP contribution in [0.15, 0.2) is 24.3 Å². The van der Waals surface area contributed by atoms with Crippen molar-refractivity contribution in [3.8, 4) is 0 Å². The van der Waals surface area contributed by atoms with Crippen molar-refractivity contribution < 1.29 is 14.3 Å². The number of hydrogen-bond acceptors (Lipinski definition) is 4. The molecule has 0 aliphatic carbocycles. The fraction of sp³-hybridized carbons (Fsp3) is 0.529. The van der Waals surface area contributed by atoms with E-state index in [2.05, 4.69) is 5.32 Å². The number of amides is 2. The second-order valence-electron chi connectivity index (χ2n) is 6.21. The van der Waals surface area contributed by atoms with E-state index in [1.165, 1.54) is 0 Å². The lowest BCUT2D eigenvalue weighted by Gasteiger charge is -2.33. The number of rotatable bonds is 5. The molecule has 25 heavy (non-hydrogen) atoms. The van der Waals surface area contributed by atoms with Crippen LogP contribution in [0.5, 0.6) is 0 Å². The monoisotopic (exact) mass is 389 g/mol. The third kappa shape index (κ3) is 5.85. The Labute approximate surface area is 159 Å². The molecule has 0 spiro atoms. The van der Waals surface area contributed by atoms with E-state index in [0.29, 0.717) is 24.7 Å². The predicted molar refractivity (Wildman–Crippen MR) is 99.8 cm³/mol. The third-order valence-corrected chi connectivity index (χ3v) is 4.45. The van der Waals surface area contributed by atoms with Gasteiger partial charge in [-0.25, -0.2) is 0 Å². The molecule has 0 radical (unpaired) electrons. The van der Waals surface area contributed by atoms with Crippen LogP contribution in [-0.2, 0) is 14.3 Å². The maximum absolute atomic E-state index is 12.3. The Balaban J connectivity index is 0.00000312. The van der Waals surface area contributed by atoms with Gasteiger partial charge in [-0.1, -0.05) is 43.6 Å². The summed E-state index contributed by atoms with van der Waals surface area (Å²) in [5.74, 6) is -0.443. The Morgan fingerprint density at radius 1 is 1.40 bits per heavy atom. The Morgan fingerprint density at radius 2 is 2.08 bits per heavy atom. The molecule has 2 atom stereocenters. The largest absolute Gasteiger partial charge is 0.370 e. The molecule has 1 saturated heterocycles. The number of hydrogen-bond donors (Lipinski definition) is 2. The van der Waals surface area contributed by atoms with Gasteiger partial charge in [0.25, 0.3) is 0 Å². The van der Waals surface area contributed by atoms with E-state index < -0.39 is 6.04 Å². The van der Waals surface area contributed by atoms with Gasteiger partial charge >= 0.3 is 0 Å². The Kier molecular flexibility index (Phi) is 8.65. The second-order valence-corrected chi connectivity index (χ2v) is 6.62. The Bertz CT molecular complexity index is 598. The van der Waals surface area contributed by atoms with Crippen LogP contribution in [-0.4, -0.2) is 49.0 Å². The van der Waals surface area contributed by atoms with Gasteiger partial charge in [0.15, 0.2) is 0 Å². The minimum Gasteiger partial charge on any atom is -0.370 e. The standard InChI is InChI=1S/C17H24ClN3O3.ClH/c1-11(2)16(19)17(23)20-9-15(22)21-7-8-24-14(10-21)12-5-3-4-6-13(12)18;/h3-6,11,14,16H,7-10,19H2,1-2H3,(H,20,23);1H/t14?,16-;/m0./s1. The van der Waals surface area contributed by atoms with E-state index in [9.17, 15) is 9.59 Å². The van der Waals surface area contributed by atoms with Gasteiger partial charge in [-0.15, -0.1) is 12.4 Å². The molecule has 0 aromatic heterocycles. The maximum atomic E-state index is 12.3. The lowest BCUT2D eigenvalue weighted by atomic mass is 10.1. The first-order valence-corrected chi connectivity index (χ1v) is 8.45. The van der Waals surface area contributed by atoms with Gasteiger partial charge in [-0.05, 0) is 12.0 Å². The topological polar surface area (TPSA) is 84.7 Å². The molecular weight excluding hydrogens is 365 g/mol. The minimum atomic E-state index is -0.613. The molecule has 0 saturated carbocycles. The fourth-order valence-corrected chi connectivity index (χ4v) is 2.75. The summed E-state index contributed by atoms with van der Waals surface area (Å²) in [6, 6.07) is 6.82. The molecule has 1 aliphatic rings. The van der Waals surface area contributed by atoms with E-state index in [1.54, 1.807) is 11.0 Å². The quantitative estimate of drug-likeness (QED) is 0.803. The molecule has 140 valence electrons. The summed E-state index contributed by atoms with van der Waals surface area (Å²) in [7, 11) is 0. The van der Waals surface area contributed by atoms with Crippen molar-refractivity contribution in [2.24, 2.45) is 11.7 Å². The number of nitrogens with zero attached hydrogens (tertiary/aromatic N) is 1. The Morgan fingerprint density at radius 3 is 2.72 bits per heavy atom. The van der Waals surface area contributed by atoms with E-state index in [1.807, 2.05) is 32.0 Å². The lowest BCUT2D eigenvalue weighted by Crippen LogP contribution is -2.50. The number of carbonyl (C=O) groups is 2. The molecular formula is C17H25Cl2N3O3. The van der Waals surface area contributed by atoms with Crippen LogP contribution in [0.3, 0.4) is 0 Å². The van der Waals surface area contributed by atoms with E-state index in [4.69, 9.17) is 22.1 Å². The van der Waals surface area contributed by atoms with Gasteiger partial charge in [0, 0.05) is 17.1 Å². The number of ether oxygens (including phenoxy) is 1. The molecule has 1 unspecified atom stereocenters. The molecule has 1 fully saturated rings. The highest BCUT2D eigenvalue weighted by Crippen LogP contribution is 2.28. The smallest absolute Gasteiger partial charge is 0.242 e. The molecule has 1 aliphatic heterocycles. The predicted octanol–water partition coefficient (Wildman–Crippen LogP) is 1.76. The van der Waals surface area contributed by atoms with Crippen LogP contribution in [0, 0.1) is 5.92 Å². The van der Waals surface area contributed by atoms with Crippen LogP contribution in [0.4, 0.5) is 0 Å². The highest BCUT2D eigenvalue weighted by molar-refractivity contribution is 6.31. The highest BCUT2D eigenvalue weighted by atomic mass is 35.5. The zero-order valence-electron chi connectivity index (χ0n) is 14.4. The van der Waals surface area contributed by atoms with E-state index in [0.717, 1.165) is 5.56 Å². The molecule has 2 rings (SSSR count). The summed E-state index contributed by atoms with van der Waals surface area (Å²) < 4.78 is 5.73. The van der Waals surface area contributed by atoms with Crippen LogP contribution >= 0.6 is 24.0 Å². The molecule has 0 bridgehead atoms. The number of carbonyl (C=O) groups excluding carboxylic acids is 2. The van der Waals surface area contributed by atoms with Crippen molar-refractivity contribution in [2.75, 3.05) is 26.2 Å². The number of nitrogens with one attached hydrogen (secondary N) is 1. The van der Waals surface area contributed by atoms with Crippen molar-refractivity contribution in [1.29, 1.82) is 0 Å². The summed E-state index contributed by atoms with van der Waals surface area (Å²) in [6.45, 7) is 5.00.